The Kier molecular flexibility index (Phi) is 8.61. The second-order valence-corrected chi connectivity index (χ2v) is 1.07. The topological polar surface area (TPSA) is 80.4 Å². The summed E-state index contributed by atoms with van der Waals surface area (Å²) in [5.74, 6) is -1.93. The molecule has 0 aliphatic carbocycles. The van der Waals surface area contributed by atoms with Crippen LogP contribution in [-0.4, -0.2) is 68.4 Å². The molecule has 46 valence electrons. The zero-order valence-corrected chi connectivity index (χ0v) is 4.00. The number of carboxylic acids is 1. The molecular weight excluding hydrogens is 149 g/mol. The van der Waals surface area contributed by atoms with Crippen molar-refractivity contribution in [2.24, 2.45) is 5.73 Å². The van der Waals surface area contributed by atoms with Crippen LogP contribution in [0.15, 0.2) is 12.2 Å². The van der Waals surface area contributed by atoms with E-state index in [0.717, 1.165) is 6.08 Å². The van der Waals surface area contributed by atoms with Crippen molar-refractivity contribution in [2.75, 3.05) is 0 Å². The first-order chi connectivity index (χ1) is 3.63. The van der Waals surface area contributed by atoms with Crippen LogP contribution in [0.5, 0.6) is 0 Å². The molecule has 5 heteroatoms. The molecule has 0 radical (unpaired) electrons. The van der Waals surface area contributed by atoms with Gasteiger partial charge in [-0.05, 0) is 0 Å². The number of amides is 1. The Morgan fingerprint density at radius 3 is 1.89 bits per heavy atom. The molecule has 0 aromatic heterocycles. The SMILES string of the molecule is NC(=O)/C=C\C(=O)O.[KH]. The summed E-state index contributed by atoms with van der Waals surface area (Å²) in [7, 11) is 0. The molecule has 0 heterocycles. The van der Waals surface area contributed by atoms with Crippen molar-refractivity contribution in [2.45, 2.75) is 0 Å². The van der Waals surface area contributed by atoms with Gasteiger partial charge in [0, 0.05) is 12.2 Å². The van der Waals surface area contributed by atoms with Crippen LogP contribution >= 0.6 is 0 Å². The van der Waals surface area contributed by atoms with Crippen LogP contribution in [0, 0.1) is 0 Å². The van der Waals surface area contributed by atoms with Crippen LogP contribution in [0.4, 0.5) is 0 Å². The van der Waals surface area contributed by atoms with Crippen molar-refractivity contribution in [1.29, 1.82) is 0 Å². The number of rotatable bonds is 2. The summed E-state index contributed by atoms with van der Waals surface area (Å²) in [4.78, 5) is 19.4. The number of aliphatic carboxylic acids is 1. The molecule has 3 N–H and O–H groups in total. The van der Waals surface area contributed by atoms with Gasteiger partial charge in [0.2, 0.25) is 5.91 Å². The van der Waals surface area contributed by atoms with E-state index in [9.17, 15) is 9.59 Å². The first-order valence-electron chi connectivity index (χ1n) is 1.83. The molecule has 0 bridgehead atoms. The van der Waals surface area contributed by atoms with Crippen molar-refractivity contribution in [3.8, 4) is 0 Å². The summed E-state index contributed by atoms with van der Waals surface area (Å²) in [5, 5.41) is 7.87. The number of carbonyl (C=O) groups is 2. The minimum absolute atomic E-state index is 0. The molecule has 0 aromatic carbocycles. The van der Waals surface area contributed by atoms with E-state index in [0.29, 0.717) is 6.08 Å². The molecule has 0 fully saturated rings. The number of carbonyl (C=O) groups excluding carboxylic acids is 1. The van der Waals surface area contributed by atoms with Gasteiger partial charge < -0.3 is 10.8 Å². The molecule has 9 heavy (non-hydrogen) atoms. The minimum atomic E-state index is -1.18. The number of hydrogen-bond donors (Lipinski definition) is 2. The molecule has 0 aromatic rings. The van der Waals surface area contributed by atoms with E-state index in [2.05, 4.69) is 5.73 Å². The predicted molar refractivity (Wildman–Crippen MR) is 33.1 cm³/mol. The fourth-order valence-electron chi connectivity index (χ4n) is 0.153. The zero-order chi connectivity index (χ0) is 6.57. The van der Waals surface area contributed by atoms with Crippen molar-refractivity contribution in [3.05, 3.63) is 12.2 Å². The van der Waals surface area contributed by atoms with E-state index in [4.69, 9.17) is 5.11 Å². The third-order valence-corrected chi connectivity index (χ3v) is 0.390. The van der Waals surface area contributed by atoms with E-state index in [-0.39, 0.29) is 51.4 Å². The molecule has 0 saturated heterocycles. The van der Waals surface area contributed by atoms with Gasteiger partial charge in [-0.25, -0.2) is 4.79 Å². The Bertz CT molecular complexity index is 127. The quantitative estimate of drug-likeness (QED) is 0.375. The van der Waals surface area contributed by atoms with Crippen LogP contribution in [0.25, 0.3) is 0 Å². The van der Waals surface area contributed by atoms with Gasteiger partial charge in [-0.3, -0.25) is 4.79 Å². The summed E-state index contributed by atoms with van der Waals surface area (Å²) in [5.41, 5.74) is 4.55. The summed E-state index contributed by atoms with van der Waals surface area (Å²) >= 11 is 0. The van der Waals surface area contributed by atoms with Gasteiger partial charge in [0.25, 0.3) is 0 Å². The third kappa shape index (κ3) is 11.7. The summed E-state index contributed by atoms with van der Waals surface area (Å²) in [6.07, 6.45) is 1.46. The van der Waals surface area contributed by atoms with Gasteiger partial charge in [-0.2, -0.15) is 0 Å². The van der Waals surface area contributed by atoms with E-state index in [1.165, 1.54) is 0 Å². The van der Waals surface area contributed by atoms with E-state index < -0.39 is 11.9 Å². The summed E-state index contributed by atoms with van der Waals surface area (Å²) in [6, 6.07) is 0. The Morgan fingerprint density at radius 1 is 1.33 bits per heavy atom. The normalized spacial score (nSPS) is 8.44. The number of primary amides is 1. The van der Waals surface area contributed by atoms with E-state index >= 15 is 0 Å². The Balaban J connectivity index is 0. The average Bonchev–Trinajstić information content (AvgIpc) is 1.61. The van der Waals surface area contributed by atoms with Crippen LogP contribution in [0.2, 0.25) is 0 Å². The molecule has 0 unspecified atom stereocenters. The second-order valence-electron chi connectivity index (χ2n) is 1.07. The molecule has 1 amide bonds. The summed E-state index contributed by atoms with van der Waals surface area (Å²) < 4.78 is 0. The molecule has 0 atom stereocenters. The van der Waals surface area contributed by atoms with Gasteiger partial charge >= 0.3 is 57.4 Å². The molecule has 0 aliphatic heterocycles. The maximum absolute atomic E-state index is 9.78. The number of hydrogen-bond acceptors (Lipinski definition) is 2. The van der Waals surface area contributed by atoms with Crippen LogP contribution in [0.3, 0.4) is 0 Å². The molecule has 0 spiro atoms. The third-order valence-electron chi connectivity index (χ3n) is 0.390. The van der Waals surface area contributed by atoms with Gasteiger partial charge in [-0.15, -0.1) is 0 Å². The van der Waals surface area contributed by atoms with Gasteiger partial charge in [-0.1, -0.05) is 0 Å². The number of nitrogens with two attached hydrogens (primary N) is 1. The van der Waals surface area contributed by atoms with Crippen molar-refractivity contribution < 1.29 is 14.7 Å². The molecule has 0 rings (SSSR count). The van der Waals surface area contributed by atoms with E-state index in [1.807, 2.05) is 0 Å². The monoisotopic (exact) mass is 155 g/mol. The summed E-state index contributed by atoms with van der Waals surface area (Å²) in [6.45, 7) is 0. The maximum atomic E-state index is 9.78. The zero-order valence-electron chi connectivity index (χ0n) is 4.00. The Labute approximate surface area is 94.5 Å². The molecule has 0 saturated carbocycles. The van der Waals surface area contributed by atoms with Crippen LogP contribution in [-0.2, 0) is 9.59 Å². The van der Waals surface area contributed by atoms with Crippen molar-refractivity contribution in [3.63, 3.8) is 0 Å². The van der Waals surface area contributed by atoms with E-state index in [1.54, 1.807) is 0 Å². The van der Waals surface area contributed by atoms with Crippen molar-refractivity contribution >= 4 is 63.3 Å². The van der Waals surface area contributed by atoms with Gasteiger partial charge in [0.05, 0.1) is 0 Å². The number of carboxylic acid groups (broad SMARTS) is 1. The predicted octanol–water partition coefficient (Wildman–Crippen LogP) is -1.54. The van der Waals surface area contributed by atoms with Gasteiger partial charge in [0.1, 0.15) is 0 Å². The molecule has 0 aliphatic rings. The average molecular weight is 155 g/mol. The van der Waals surface area contributed by atoms with Crippen LogP contribution in [0.1, 0.15) is 0 Å². The fraction of sp³-hybridized carbons (Fsp3) is 0. The van der Waals surface area contributed by atoms with Crippen LogP contribution < -0.4 is 5.73 Å². The second kappa shape index (κ2) is 6.44. The first-order valence-corrected chi connectivity index (χ1v) is 1.83. The van der Waals surface area contributed by atoms with Crippen molar-refractivity contribution in [1.82, 2.24) is 0 Å². The van der Waals surface area contributed by atoms with Gasteiger partial charge in [0.15, 0.2) is 0 Å². The first kappa shape index (κ1) is 12.0. The molecule has 4 nitrogen and oxygen atoms in total. The molecular formula is C4H6KNO3. The Morgan fingerprint density at radius 2 is 1.78 bits per heavy atom. The fourth-order valence-corrected chi connectivity index (χ4v) is 0.153. The Hall–Kier alpha value is 0.316. The standard InChI is InChI=1S/C4H5NO3.K.H/c5-3(6)1-2-4(7)8;;/h1-2H,(H2,5,6)(H,7,8);;/b2-1-;;.